The van der Waals surface area contributed by atoms with Gasteiger partial charge in [0.25, 0.3) is 0 Å². The summed E-state index contributed by atoms with van der Waals surface area (Å²) < 4.78 is 37.9. The summed E-state index contributed by atoms with van der Waals surface area (Å²) in [6.07, 6.45) is 1.75. The molecule has 0 aliphatic rings. The molecule has 0 aromatic heterocycles. The Balaban J connectivity index is 4.03. The summed E-state index contributed by atoms with van der Waals surface area (Å²) in [5.41, 5.74) is 2.47. The normalized spacial score (nSPS) is 12.5. The van der Waals surface area contributed by atoms with E-state index in [1.807, 2.05) is 41.5 Å². The minimum atomic E-state index is -3.23. The topological polar surface area (TPSA) is 55.4 Å². The second-order valence-electron chi connectivity index (χ2n) is 6.54. The number of rotatable bonds is 16. The molecule has 30 heavy (non-hydrogen) atoms. The summed E-state index contributed by atoms with van der Waals surface area (Å²) in [7, 11) is -6.43. The molecule has 0 spiro atoms. The quantitative estimate of drug-likeness (QED) is 0.354. The van der Waals surface area contributed by atoms with Gasteiger partial charge < -0.3 is 26.6 Å². The van der Waals surface area contributed by atoms with Crippen molar-refractivity contribution in [3.63, 3.8) is 0 Å². The first-order valence-electron chi connectivity index (χ1n) is 11.5. The number of hydrogen-bond acceptors (Lipinski definition) is 6. The van der Waals surface area contributed by atoms with Crippen LogP contribution >= 0.6 is 0 Å². The summed E-state index contributed by atoms with van der Waals surface area (Å²) in [6.45, 7) is 19.2. The summed E-state index contributed by atoms with van der Waals surface area (Å²) >= 11 is 0. The lowest BCUT2D eigenvalue weighted by Crippen LogP contribution is -2.71. The third-order valence-electron chi connectivity index (χ3n) is 4.79. The van der Waals surface area contributed by atoms with Crippen molar-refractivity contribution in [2.75, 3.05) is 39.6 Å². The molecule has 0 amide bonds. The Morgan fingerprint density at radius 2 is 0.933 bits per heavy atom. The van der Waals surface area contributed by atoms with E-state index in [0.717, 1.165) is 23.2 Å². The molecule has 1 aromatic rings. The van der Waals surface area contributed by atoms with E-state index >= 15 is 0 Å². The summed E-state index contributed by atoms with van der Waals surface area (Å²) in [5, 5.41) is 1.90. The zero-order chi connectivity index (χ0) is 22.6. The van der Waals surface area contributed by atoms with Gasteiger partial charge in [-0.3, -0.25) is 0 Å². The third-order valence-corrected chi connectivity index (χ3v) is 11.3. The Bertz CT molecular complexity index is 592. The maximum atomic E-state index is 6.36. The van der Waals surface area contributed by atoms with Crippen molar-refractivity contribution >= 4 is 28.0 Å². The average Bonchev–Trinajstić information content (AvgIpc) is 2.73. The van der Waals surface area contributed by atoms with E-state index in [2.05, 4.69) is 26.0 Å². The Morgan fingerprint density at radius 3 is 1.27 bits per heavy atom. The van der Waals surface area contributed by atoms with Crippen LogP contribution in [-0.4, -0.2) is 57.3 Å². The van der Waals surface area contributed by atoms with Gasteiger partial charge in [-0.1, -0.05) is 26.0 Å². The molecule has 0 aliphatic carbocycles. The molecule has 8 heteroatoms. The van der Waals surface area contributed by atoms with Crippen LogP contribution in [0, 0.1) is 0 Å². The lowest BCUT2D eigenvalue weighted by molar-refractivity contribution is 0.0805. The molecule has 0 unspecified atom stereocenters. The average molecular weight is 459 g/mol. The lowest BCUT2D eigenvalue weighted by Gasteiger charge is -2.37. The van der Waals surface area contributed by atoms with Gasteiger partial charge in [0.15, 0.2) is 0 Å². The van der Waals surface area contributed by atoms with Crippen LogP contribution in [0.5, 0.6) is 0 Å². The zero-order valence-corrected chi connectivity index (χ0v) is 22.3. The molecule has 0 saturated heterocycles. The van der Waals surface area contributed by atoms with Crippen molar-refractivity contribution < 1.29 is 26.6 Å². The van der Waals surface area contributed by atoms with Crippen LogP contribution < -0.4 is 10.4 Å². The molecular weight excluding hydrogens is 416 g/mol. The van der Waals surface area contributed by atoms with Crippen molar-refractivity contribution in [3.05, 3.63) is 23.3 Å². The largest absolute Gasteiger partial charge is 0.537 e. The van der Waals surface area contributed by atoms with E-state index in [4.69, 9.17) is 26.6 Å². The monoisotopic (exact) mass is 458 g/mol. The Labute approximate surface area is 185 Å². The van der Waals surface area contributed by atoms with Crippen LogP contribution in [0.2, 0.25) is 0 Å². The van der Waals surface area contributed by atoms with E-state index < -0.39 is 17.6 Å². The summed E-state index contributed by atoms with van der Waals surface area (Å²) in [5.74, 6) is 0. The van der Waals surface area contributed by atoms with E-state index in [-0.39, 0.29) is 0 Å². The second kappa shape index (κ2) is 13.7. The van der Waals surface area contributed by atoms with Gasteiger partial charge in [0, 0.05) is 50.0 Å². The molecule has 174 valence electrons. The highest BCUT2D eigenvalue weighted by atomic mass is 28.4. The van der Waals surface area contributed by atoms with Crippen LogP contribution in [0.4, 0.5) is 0 Å². The fourth-order valence-electron chi connectivity index (χ4n) is 3.87. The molecule has 0 aliphatic heterocycles. The molecule has 0 fully saturated rings. The molecule has 1 aromatic carbocycles. The van der Waals surface area contributed by atoms with Gasteiger partial charge in [-0.15, -0.1) is 0 Å². The van der Waals surface area contributed by atoms with Crippen LogP contribution in [0.3, 0.4) is 0 Å². The van der Waals surface area contributed by atoms with Crippen molar-refractivity contribution in [2.45, 2.75) is 68.2 Å². The second-order valence-corrected chi connectivity index (χ2v) is 11.5. The first kappa shape index (κ1) is 27.4. The fraction of sp³-hybridized carbons (Fsp3) is 0.727. The maximum absolute atomic E-state index is 6.36. The minimum absolute atomic E-state index is 0.495. The van der Waals surface area contributed by atoms with Gasteiger partial charge in [-0.2, -0.15) is 0 Å². The van der Waals surface area contributed by atoms with Gasteiger partial charge in [0.1, 0.15) is 0 Å². The van der Waals surface area contributed by atoms with E-state index in [9.17, 15) is 0 Å². The van der Waals surface area contributed by atoms with E-state index in [1.165, 1.54) is 11.1 Å². The lowest BCUT2D eigenvalue weighted by atomic mass is 10.0. The molecule has 0 radical (unpaired) electrons. The molecule has 6 nitrogen and oxygen atoms in total. The molecular formula is C22H42O6Si2. The number of aryl methyl sites for hydroxylation is 1. The van der Waals surface area contributed by atoms with E-state index in [0.29, 0.717) is 39.6 Å². The Morgan fingerprint density at radius 1 is 0.533 bits per heavy atom. The molecule has 0 saturated carbocycles. The SMILES string of the molecule is CCO[Si](OCC)(OCC)c1ccc(CC)c(CC)c1[Si](OCC)(OCC)OCC. The van der Waals surface area contributed by atoms with E-state index in [1.54, 1.807) is 0 Å². The van der Waals surface area contributed by atoms with Gasteiger partial charge in [-0.25, -0.2) is 0 Å². The highest BCUT2D eigenvalue weighted by Gasteiger charge is 2.54. The van der Waals surface area contributed by atoms with Gasteiger partial charge in [0.2, 0.25) is 0 Å². The van der Waals surface area contributed by atoms with Crippen molar-refractivity contribution in [1.82, 2.24) is 0 Å². The Kier molecular flexibility index (Phi) is 12.6. The predicted octanol–water partition coefficient (Wildman–Crippen LogP) is 3.32. The smallest absolute Gasteiger partial charge is 0.370 e. The first-order valence-corrected chi connectivity index (χ1v) is 14.9. The molecule has 1 rings (SSSR count). The Hall–Kier alpha value is -0.586. The van der Waals surface area contributed by atoms with Crippen LogP contribution in [0.1, 0.15) is 66.5 Å². The summed E-state index contributed by atoms with van der Waals surface area (Å²) in [4.78, 5) is 0. The van der Waals surface area contributed by atoms with Crippen LogP contribution in [0.25, 0.3) is 0 Å². The van der Waals surface area contributed by atoms with Crippen molar-refractivity contribution in [1.29, 1.82) is 0 Å². The highest BCUT2D eigenvalue weighted by molar-refractivity contribution is 6.87. The molecule has 0 N–H and O–H groups in total. The first-order chi connectivity index (χ1) is 14.5. The highest BCUT2D eigenvalue weighted by Crippen LogP contribution is 2.21. The molecule has 0 heterocycles. The van der Waals surface area contributed by atoms with Crippen LogP contribution in [0.15, 0.2) is 12.1 Å². The maximum Gasteiger partial charge on any atom is 0.537 e. The van der Waals surface area contributed by atoms with Crippen LogP contribution in [-0.2, 0) is 39.4 Å². The van der Waals surface area contributed by atoms with Crippen molar-refractivity contribution in [3.8, 4) is 0 Å². The predicted molar refractivity (Wildman–Crippen MR) is 126 cm³/mol. The standard InChI is InChI=1S/C22H42O6Si2/c1-9-19-17-18-21(29(23-11-3,24-12-4)25-13-5)22(20(19)10-2)30(26-14-6,27-15-7)28-16-8/h17-18H,9-16H2,1-8H3. The van der Waals surface area contributed by atoms with Gasteiger partial charge in [0.05, 0.1) is 0 Å². The third kappa shape index (κ3) is 6.01. The molecule has 0 bridgehead atoms. The number of benzene rings is 1. The summed E-state index contributed by atoms with van der Waals surface area (Å²) in [6, 6.07) is 4.26. The zero-order valence-electron chi connectivity index (χ0n) is 20.3. The van der Waals surface area contributed by atoms with Gasteiger partial charge >= 0.3 is 17.6 Å². The fourth-order valence-corrected chi connectivity index (χ4v) is 10.3. The van der Waals surface area contributed by atoms with Gasteiger partial charge in [-0.05, 0) is 65.5 Å². The minimum Gasteiger partial charge on any atom is -0.370 e. The number of hydrogen-bond donors (Lipinski definition) is 0. The molecule has 0 atom stereocenters. The van der Waals surface area contributed by atoms with Crippen molar-refractivity contribution in [2.24, 2.45) is 0 Å².